The minimum Gasteiger partial charge on any atom is -0.298 e. The van der Waals surface area contributed by atoms with E-state index in [1.165, 1.54) is 24.3 Å². The molecule has 18 heavy (non-hydrogen) atoms. The summed E-state index contributed by atoms with van der Waals surface area (Å²) in [5, 5.41) is 5.43. The summed E-state index contributed by atoms with van der Waals surface area (Å²) in [7, 11) is -3.82. The molecule has 0 aliphatic rings. The Balaban J connectivity index is 2.79. The highest BCUT2D eigenvalue weighted by atomic mass is 32.2. The van der Waals surface area contributed by atoms with Crippen molar-refractivity contribution in [2.24, 2.45) is 5.14 Å². The minimum atomic E-state index is -3.82. The van der Waals surface area contributed by atoms with Crippen LogP contribution >= 0.6 is 0 Å². The minimum absolute atomic E-state index is 0.0147. The van der Waals surface area contributed by atoms with Crippen LogP contribution in [0.3, 0.4) is 0 Å². The molecule has 0 fully saturated rings. The standard InChI is InChI=1S/C11H8N2O4S/c12-18(16,17)9-1-2-10-7(4-9)3-8(5-14)11(6-15)13-10/h1-6H,(H2,12,16,17). The Hall–Kier alpha value is -2.12. The van der Waals surface area contributed by atoms with Gasteiger partial charge in [-0.2, -0.15) is 0 Å². The predicted octanol–water partition coefficient (Wildman–Crippen LogP) is 0.507. The maximum Gasteiger partial charge on any atom is 0.238 e. The molecule has 0 aliphatic heterocycles. The zero-order valence-corrected chi connectivity index (χ0v) is 9.85. The normalized spacial score (nSPS) is 11.4. The van der Waals surface area contributed by atoms with Gasteiger partial charge in [-0.15, -0.1) is 0 Å². The lowest BCUT2D eigenvalue weighted by molar-refractivity contribution is 0.109. The lowest BCUT2D eigenvalue weighted by Crippen LogP contribution is -2.12. The maximum atomic E-state index is 11.2. The number of nitrogens with two attached hydrogens (primary N) is 1. The van der Waals surface area contributed by atoms with E-state index in [0.717, 1.165) is 0 Å². The van der Waals surface area contributed by atoms with Crippen LogP contribution in [0.4, 0.5) is 0 Å². The molecule has 7 heteroatoms. The summed E-state index contributed by atoms with van der Waals surface area (Å²) < 4.78 is 22.4. The van der Waals surface area contributed by atoms with E-state index < -0.39 is 10.0 Å². The van der Waals surface area contributed by atoms with Gasteiger partial charge in [0.2, 0.25) is 10.0 Å². The van der Waals surface area contributed by atoms with E-state index in [2.05, 4.69) is 4.98 Å². The van der Waals surface area contributed by atoms with Crippen molar-refractivity contribution in [3.05, 3.63) is 35.5 Å². The first kappa shape index (κ1) is 12.3. The van der Waals surface area contributed by atoms with Gasteiger partial charge in [0.15, 0.2) is 12.6 Å². The number of rotatable bonds is 3. The number of hydrogen-bond donors (Lipinski definition) is 1. The molecule has 1 aromatic carbocycles. The predicted molar refractivity (Wildman–Crippen MR) is 63.9 cm³/mol. The van der Waals surface area contributed by atoms with Crippen LogP contribution < -0.4 is 5.14 Å². The smallest absolute Gasteiger partial charge is 0.238 e. The van der Waals surface area contributed by atoms with Crippen molar-refractivity contribution in [2.45, 2.75) is 4.90 Å². The van der Waals surface area contributed by atoms with Gasteiger partial charge in [-0.05, 0) is 24.3 Å². The topological polar surface area (TPSA) is 107 Å². The number of aromatic nitrogens is 1. The molecule has 0 unspecified atom stereocenters. The molecule has 6 nitrogen and oxygen atoms in total. The lowest BCUT2D eigenvalue weighted by Gasteiger charge is -2.03. The Bertz CT molecular complexity index is 753. The molecule has 0 amide bonds. The van der Waals surface area contributed by atoms with Crippen molar-refractivity contribution < 1.29 is 18.0 Å². The van der Waals surface area contributed by atoms with E-state index in [1.54, 1.807) is 0 Å². The number of carbonyl (C=O) groups excluding carboxylic acids is 2. The molecule has 0 saturated carbocycles. The molecule has 2 aromatic rings. The third-order valence-corrected chi connectivity index (χ3v) is 3.32. The number of sulfonamides is 1. The van der Waals surface area contributed by atoms with Crippen molar-refractivity contribution in [1.29, 1.82) is 0 Å². The van der Waals surface area contributed by atoms with Gasteiger partial charge in [-0.25, -0.2) is 18.5 Å². The molecule has 0 radical (unpaired) electrons. The Morgan fingerprint density at radius 1 is 1.11 bits per heavy atom. The second-order valence-corrected chi connectivity index (χ2v) is 5.16. The van der Waals surface area contributed by atoms with Crippen LogP contribution in [0.2, 0.25) is 0 Å². The summed E-state index contributed by atoms with van der Waals surface area (Å²) in [4.78, 5) is 25.4. The number of primary sulfonamides is 1. The number of pyridine rings is 1. The molecule has 2 rings (SSSR count). The van der Waals surface area contributed by atoms with Crippen molar-refractivity contribution in [2.75, 3.05) is 0 Å². The average Bonchev–Trinajstić information content (AvgIpc) is 2.35. The fourth-order valence-corrected chi connectivity index (χ4v) is 2.10. The van der Waals surface area contributed by atoms with Crippen molar-refractivity contribution in [3.63, 3.8) is 0 Å². The molecule has 0 aliphatic carbocycles. The van der Waals surface area contributed by atoms with E-state index in [9.17, 15) is 18.0 Å². The van der Waals surface area contributed by atoms with Crippen LogP contribution in [0, 0.1) is 0 Å². The first-order valence-electron chi connectivity index (χ1n) is 4.83. The van der Waals surface area contributed by atoms with Crippen LogP contribution in [0.1, 0.15) is 20.8 Å². The monoisotopic (exact) mass is 264 g/mol. The molecule has 0 spiro atoms. The Morgan fingerprint density at radius 2 is 1.83 bits per heavy atom. The maximum absolute atomic E-state index is 11.2. The Morgan fingerprint density at radius 3 is 2.39 bits per heavy atom. The molecule has 0 bridgehead atoms. The SMILES string of the molecule is NS(=O)(=O)c1ccc2nc(C=O)c(C=O)cc2c1. The van der Waals surface area contributed by atoms with Crippen LogP contribution in [-0.2, 0) is 10.0 Å². The summed E-state index contributed by atoms with van der Waals surface area (Å²) >= 11 is 0. The molecule has 0 atom stereocenters. The van der Waals surface area contributed by atoms with Crippen LogP contribution in [0.5, 0.6) is 0 Å². The van der Waals surface area contributed by atoms with Gasteiger partial charge in [0, 0.05) is 10.9 Å². The van der Waals surface area contributed by atoms with E-state index in [1.807, 2.05) is 0 Å². The van der Waals surface area contributed by atoms with Gasteiger partial charge in [-0.3, -0.25) is 9.59 Å². The Labute approximate surface area is 102 Å². The lowest BCUT2D eigenvalue weighted by atomic mass is 10.1. The highest BCUT2D eigenvalue weighted by molar-refractivity contribution is 7.89. The molecular formula is C11H8N2O4S. The van der Waals surface area contributed by atoms with Crippen LogP contribution in [0.15, 0.2) is 29.2 Å². The summed E-state index contributed by atoms with van der Waals surface area (Å²) in [5.41, 5.74) is 0.528. The van der Waals surface area contributed by atoms with Crippen LogP contribution in [0.25, 0.3) is 10.9 Å². The van der Waals surface area contributed by atoms with Crippen LogP contribution in [-0.4, -0.2) is 26.0 Å². The zero-order valence-electron chi connectivity index (χ0n) is 9.03. The van der Waals surface area contributed by atoms with Gasteiger partial charge in [0.1, 0.15) is 5.69 Å². The zero-order chi connectivity index (χ0) is 13.3. The van der Waals surface area contributed by atoms with Gasteiger partial charge in [0.05, 0.1) is 10.4 Å². The first-order valence-corrected chi connectivity index (χ1v) is 6.38. The first-order chi connectivity index (χ1) is 8.45. The molecular weight excluding hydrogens is 256 g/mol. The molecule has 1 aromatic heterocycles. The average molecular weight is 264 g/mol. The second kappa shape index (κ2) is 4.28. The third-order valence-electron chi connectivity index (χ3n) is 2.41. The highest BCUT2D eigenvalue weighted by Crippen LogP contribution is 2.19. The summed E-state index contributed by atoms with van der Waals surface area (Å²) in [6.07, 6.45) is 0.955. The van der Waals surface area contributed by atoms with Crippen molar-refractivity contribution in [3.8, 4) is 0 Å². The number of nitrogens with zero attached hydrogens (tertiary/aromatic N) is 1. The van der Waals surface area contributed by atoms with Crippen molar-refractivity contribution in [1.82, 2.24) is 4.98 Å². The third kappa shape index (κ3) is 2.13. The quantitative estimate of drug-likeness (QED) is 0.812. The molecule has 92 valence electrons. The van der Waals surface area contributed by atoms with Crippen molar-refractivity contribution >= 4 is 33.5 Å². The summed E-state index contributed by atoms with van der Waals surface area (Å²) in [6.45, 7) is 0. The summed E-state index contributed by atoms with van der Waals surface area (Å²) in [6, 6.07) is 5.42. The fourth-order valence-electron chi connectivity index (χ4n) is 1.55. The van der Waals surface area contributed by atoms with Gasteiger partial charge >= 0.3 is 0 Å². The number of aldehydes is 2. The number of hydrogen-bond acceptors (Lipinski definition) is 5. The number of carbonyl (C=O) groups is 2. The van der Waals surface area contributed by atoms with E-state index in [4.69, 9.17) is 5.14 Å². The van der Waals surface area contributed by atoms with Gasteiger partial charge in [0.25, 0.3) is 0 Å². The highest BCUT2D eigenvalue weighted by Gasteiger charge is 2.11. The number of fused-ring (bicyclic) bond motifs is 1. The van der Waals surface area contributed by atoms with Gasteiger partial charge in [-0.1, -0.05) is 0 Å². The van der Waals surface area contributed by atoms with Gasteiger partial charge < -0.3 is 0 Å². The largest absolute Gasteiger partial charge is 0.298 e. The number of benzene rings is 1. The summed E-state index contributed by atoms with van der Waals surface area (Å²) in [5.74, 6) is 0. The molecule has 0 saturated heterocycles. The second-order valence-electron chi connectivity index (χ2n) is 3.60. The van der Waals surface area contributed by atoms with E-state index in [-0.39, 0.29) is 16.2 Å². The van der Waals surface area contributed by atoms with E-state index in [0.29, 0.717) is 23.5 Å². The fraction of sp³-hybridized carbons (Fsp3) is 0. The molecule has 1 heterocycles. The molecule has 2 N–H and O–H groups in total. The van der Waals surface area contributed by atoms with E-state index >= 15 is 0 Å². The Kier molecular flexibility index (Phi) is 2.93.